The van der Waals surface area contributed by atoms with Crippen LogP contribution in [0.1, 0.15) is 41.8 Å². The molecule has 8 heteroatoms. The Kier molecular flexibility index (Phi) is 6.52. The highest BCUT2D eigenvalue weighted by atomic mass is 35.5. The van der Waals surface area contributed by atoms with Crippen LogP contribution < -0.4 is 5.56 Å². The Labute approximate surface area is 195 Å². The number of aliphatic carboxylic acids is 1. The van der Waals surface area contributed by atoms with Crippen LogP contribution in [0.5, 0.6) is 0 Å². The molecule has 3 rings (SSSR count). The van der Waals surface area contributed by atoms with Crippen molar-refractivity contribution in [3.05, 3.63) is 85.5 Å². The van der Waals surface area contributed by atoms with Crippen LogP contribution in [-0.2, 0) is 17.3 Å². The van der Waals surface area contributed by atoms with E-state index in [9.17, 15) is 20.0 Å². The number of carbonyl (C=O) groups is 1. The summed E-state index contributed by atoms with van der Waals surface area (Å²) in [6.45, 7) is 4.44. The standard InChI is InChI=1S/C25H21ClFN3O3/c1-14-22(25(2,3)24(32)33)21(23(31)30(4)29-14)20-17(18(26)11-12-19(20)27)10-9-15-7-5-6-8-16(15)13-28/h5-12H,1-4H3,(H,32,33)/b10-9+. The van der Waals surface area contributed by atoms with Gasteiger partial charge in [0.1, 0.15) is 5.82 Å². The fourth-order valence-electron chi connectivity index (χ4n) is 3.78. The van der Waals surface area contributed by atoms with Crippen molar-refractivity contribution in [3.63, 3.8) is 0 Å². The van der Waals surface area contributed by atoms with Crippen LogP contribution in [-0.4, -0.2) is 20.9 Å². The van der Waals surface area contributed by atoms with Gasteiger partial charge in [0, 0.05) is 28.8 Å². The number of benzene rings is 2. The number of nitriles is 1. The minimum absolute atomic E-state index is 0.103. The first-order chi connectivity index (χ1) is 15.5. The summed E-state index contributed by atoms with van der Waals surface area (Å²) in [5, 5.41) is 23.5. The summed E-state index contributed by atoms with van der Waals surface area (Å²) in [5.74, 6) is -1.93. The third-order valence-corrected chi connectivity index (χ3v) is 5.81. The first-order valence-corrected chi connectivity index (χ1v) is 10.4. The predicted octanol–water partition coefficient (Wildman–Crippen LogP) is 4.95. The Balaban J connectivity index is 2.42. The molecule has 1 heterocycles. The van der Waals surface area contributed by atoms with E-state index in [1.807, 2.05) is 0 Å². The number of halogens is 2. The Bertz CT molecular complexity index is 1400. The van der Waals surface area contributed by atoms with Crippen molar-refractivity contribution in [1.29, 1.82) is 5.26 Å². The third kappa shape index (κ3) is 4.30. The van der Waals surface area contributed by atoms with Gasteiger partial charge >= 0.3 is 5.97 Å². The molecular formula is C25H21ClFN3O3. The number of carboxylic acids is 1. The van der Waals surface area contributed by atoms with Crippen molar-refractivity contribution in [3.8, 4) is 17.2 Å². The van der Waals surface area contributed by atoms with Gasteiger partial charge in [0.2, 0.25) is 0 Å². The van der Waals surface area contributed by atoms with Crippen molar-refractivity contribution in [1.82, 2.24) is 9.78 Å². The average Bonchev–Trinajstić information content (AvgIpc) is 2.76. The van der Waals surface area contributed by atoms with Crippen LogP contribution >= 0.6 is 11.6 Å². The molecule has 0 spiro atoms. The fraction of sp³-hybridized carbons (Fsp3) is 0.200. The van der Waals surface area contributed by atoms with Crippen molar-refractivity contribution in [2.24, 2.45) is 7.05 Å². The van der Waals surface area contributed by atoms with Gasteiger partial charge in [-0.15, -0.1) is 0 Å². The topological polar surface area (TPSA) is 96.0 Å². The molecular weight excluding hydrogens is 445 g/mol. The summed E-state index contributed by atoms with van der Waals surface area (Å²) in [6, 6.07) is 11.4. The summed E-state index contributed by atoms with van der Waals surface area (Å²) in [7, 11) is 1.41. The number of rotatable bonds is 5. The van der Waals surface area contributed by atoms with E-state index in [1.165, 1.54) is 33.0 Å². The lowest BCUT2D eigenvalue weighted by Crippen LogP contribution is -2.35. The molecule has 0 unspecified atom stereocenters. The minimum atomic E-state index is -1.54. The van der Waals surface area contributed by atoms with Crippen LogP contribution in [0.2, 0.25) is 5.02 Å². The first-order valence-electron chi connectivity index (χ1n) is 9.98. The van der Waals surface area contributed by atoms with E-state index in [-0.39, 0.29) is 33.0 Å². The normalized spacial score (nSPS) is 11.5. The van der Waals surface area contributed by atoms with E-state index in [0.717, 1.165) is 10.7 Å². The van der Waals surface area contributed by atoms with Crippen molar-refractivity contribution in [2.75, 3.05) is 0 Å². The smallest absolute Gasteiger partial charge is 0.313 e. The Morgan fingerprint density at radius 3 is 2.52 bits per heavy atom. The van der Waals surface area contributed by atoms with Gasteiger partial charge in [-0.3, -0.25) is 9.59 Å². The Hall–Kier alpha value is -3.76. The van der Waals surface area contributed by atoms with Gasteiger partial charge in [0.15, 0.2) is 0 Å². The van der Waals surface area contributed by atoms with Gasteiger partial charge < -0.3 is 5.11 Å². The Morgan fingerprint density at radius 1 is 1.21 bits per heavy atom. The van der Waals surface area contributed by atoms with Crippen LogP contribution in [0.25, 0.3) is 23.3 Å². The van der Waals surface area contributed by atoms with Crippen LogP contribution in [0, 0.1) is 24.1 Å². The molecule has 1 aromatic heterocycles. The van der Waals surface area contributed by atoms with Gasteiger partial charge in [0.25, 0.3) is 5.56 Å². The van der Waals surface area contributed by atoms with E-state index in [2.05, 4.69) is 11.2 Å². The van der Waals surface area contributed by atoms with E-state index < -0.39 is 22.8 Å². The third-order valence-electron chi connectivity index (χ3n) is 5.48. The van der Waals surface area contributed by atoms with Crippen molar-refractivity contribution >= 4 is 29.7 Å². The summed E-state index contributed by atoms with van der Waals surface area (Å²) in [5.41, 5.74) is -0.873. The molecule has 0 aliphatic rings. The van der Waals surface area contributed by atoms with E-state index in [1.54, 1.807) is 37.3 Å². The highest BCUT2D eigenvalue weighted by molar-refractivity contribution is 6.32. The SMILES string of the molecule is Cc1nn(C)c(=O)c(-c2c(F)ccc(Cl)c2/C=C/c2ccccc2C#N)c1C(C)(C)C(=O)O. The molecule has 6 nitrogen and oxygen atoms in total. The van der Waals surface area contributed by atoms with Gasteiger partial charge in [-0.1, -0.05) is 42.0 Å². The molecule has 0 saturated heterocycles. The van der Waals surface area contributed by atoms with E-state index >= 15 is 4.39 Å². The minimum Gasteiger partial charge on any atom is -0.481 e. The highest BCUT2D eigenvalue weighted by Gasteiger charge is 2.37. The molecule has 2 aromatic carbocycles. The summed E-state index contributed by atoms with van der Waals surface area (Å²) < 4.78 is 16.4. The molecule has 0 bridgehead atoms. The van der Waals surface area contributed by atoms with E-state index in [0.29, 0.717) is 11.1 Å². The summed E-state index contributed by atoms with van der Waals surface area (Å²) >= 11 is 6.43. The largest absolute Gasteiger partial charge is 0.481 e. The number of aryl methyl sites for hydroxylation is 2. The molecule has 0 aliphatic carbocycles. The summed E-state index contributed by atoms with van der Waals surface area (Å²) in [4.78, 5) is 25.3. The zero-order valence-corrected chi connectivity index (χ0v) is 19.2. The zero-order chi connectivity index (χ0) is 24.5. The maximum absolute atomic E-state index is 15.3. The van der Waals surface area contributed by atoms with Gasteiger partial charge in [-0.2, -0.15) is 10.4 Å². The molecule has 0 fully saturated rings. The van der Waals surface area contributed by atoms with Crippen LogP contribution in [0.3, 0.4) is 0 Å². The number of carboxylic acid groups (broad SMARTS) is 1. The molecule has 0 aliphatic heterocycles. The molecule has 168 valence electrons. The molecule has 0 saturated carbocycles. The Morgan fingerprint density at radius 2 is 1.88 bits per heavy atom. The second kappa shape index (κ2) is 9.00. The van der Waals surface area contributed by atoms with Gasteiger partial charge in [0.05, 0.1) is 28.3 Å². The monoisotopic (exact) mass is 465 g/mol. The second-order valence-electron chi connectivity index (χ2n) is 8.04. The average molecular weight is 466 g/mol. The number of aromatic nitrogens is 2. The first kappa shape index (κ1) is 23.9. The predicted molar refractivity (Wildman–Crippen MR) is 125 cm³/mol. The second-order valence-corrected chi connectivity index (χ2v) is 8.45. The maximum Gasteiger partial charge on any atom is 0.313 e. The van der Waals surface area contributed by atoms with Gasteiger partial charge in [-0.05, 0) is 44.5 Å². The van der Waals surface area contributed by atoms with Gasteiger partial charge in [-0.25, -0.2) is 9.07 Å². The van der Waals surface area contributed by atoms with Crippen molar-refractivity contribution in [2.45, 2.75) is 26.2 Å². The molecule has 0 amide bonds. The summed E-state index contributed by atoms with van der Waals surface area (Å²) in [6.07, 6.45) is 3.12. The number of hydrogen-bond acceptors (Lipinski definition) is 4. The van der Waals surface area contributed by atoms with Crippen LogP contribution in [0.4, 0.5) is 4.39 Å². The molecule has 33 heavy (non-hydrogen) atoms. The number of hydrogen-bond donors (Lipinski definition) is 1. The maximum atomic E-state index is 15.3. The quantitative estimate of drug-likeness (QED) is 0.537. The van der Waals surface area contributed by atoms with E-state index in [4.69, 9.17) is 11.6 Å². The molecule has 0 atom stereocenters. The lowest BCUT2D eigenvalue weighted by atomic mass is 9.79. The molecule has 1 N–H and O–H groups in total. The lowest BCUT2D eigenvalue weighted by Gasteiger charge is -2.26. The van der Waals surface area contributed by atoms with Crippen LogP contribution in [0.15, 0.2) is 41.2 Å². The highest BCUT2D eigenvalue weighted by Crippen LogP contribution is 2.38. The molecule has 3 aromatic rings. The zero-order valence-electron chi connectivity index (χ0n) is 18.5. The van der Waals surface area contributed by atoms with Crippen molar-refractivity contribution < 1.29 is 14.3 Å². The number of nitrogens with zero attached hydrogens (tertiary/aromatic N) is 3. The fourth-order valence-corrected chi connectivity index (χ4v) is 4.00. The molecule has 0 radical (unpaired) electrons. The lowest BCUT2D eigenvalue weighted by molar-refractivity contribution is -0.142.